The first-order valence-corrected chi connectivity index (χ1v) is 31.7. The zero-order valence-corrected chi connectivity index (χ0v) is 49.9. The normalized spacial score (nSPS) is 18.5. The Bertz CT molecular complexity index is 5020. The second kappa shape index (κ2) is 19.3. The van der Waals surface area contributed by atoms with Crippen LogP contribution < -0.4 is 49.0 Å². The van der Waals surface area contributed by atoms with Gasteiger partial charge in [0.25, 0.3) is 0 Å². The van der Waals surface area contributed by atoms with Crippen LogP contribution in [-0.2, 0) is 40.7 Å². The van der Waals surface area contributed by atoms with Crippen LogP contribution in [0.5, 0.6) is 0 Å². The van der Waals surface area contributed by atoms with E-state index >= 15 is 0 Å². The fraction of sp³-hybridized carbons (Fsp3) is 0.111. The zero-order chi connectivity index (χ0) is 66.7. The molecule has 6 heterocycles. The molecule has 6 aliphatic heterocycles. The fourth-order valence-electron chi connectivity index (χ4n) is 11.6. The summed E-state index contributed by atoms with van der Waals surface area (Å²) < 4.78 is 112. The Balaban J connectivity index is 0.945. The maximum absolute atomic E-state index is 9.22. The van der Waals surface area contributed by atoms with Crippen molar-refractivity contribution in [2.45, 2.75) is 26.2 Å². The molecule has 84 heavy (non-hydrogen) atoms. The Morgan fingerprint density at radius 1 is 0.298 bits per heavy atom. The van der Waals surface area contributed by atoms with Crippen LogP contribution in [0.15, 0.2) is 212 Å². The first-order chi connectivity index (χ1) is 45.8. The molecule has 0 saturated carbocycles. The van der Waals surface area contributed by atoms with Crippen LogP contribution in [0, 0.1) is 24.3 Å². The van der Waals surface area contributed by atoms with Crippen molar-refractivity contribution in [1.82, 2.24) is 0 Å². The van der Waals surface area contributed by atoms with Crippen molar-refractivity contribution >= 4 is 119 Å². The van der Waals surface area contributed by atoms with Crippen molar-refractivity contribution in [2.24, 2.45) is 0 Å². The molecule has 8 bridgehead atoms. The molecule has 0 atom stereocenters. The number of anilines is 18. The van der Waals surface area contributed by atoms with Crippen molar-refractivity contribution < 1.29 is 51.7 Å². The summed E-state index contributed by atoms with van der Waals surface area (Å²) in [5, 5.41) is 0. The predicted molar refractivity (Wildman–Crippen MR) is 343 cm³/mol. The third kappa shape index (κ3) is 7.90. The Kier molecular flexibility index (Phi) is 9.09. The third-order valence-corrected chi connectivity index (χ3v) is 21.7. The second-order valence-electron chi connectivity index (χ2n) is 21.7. The number of hydrogen-bond acceptors (Lipinski definition) is 10. The maximum atomic E-state index is 9.22. The molecule has 0 aromatic heterocycles. The molecule has 12 heteroatoms. The van der Waals surface area contributed by atoms with Crippen LogP contribution in [0.2, 0.25) is 0 Å². The van der Waals surface area contributed by atoms with E-state index in [9.17, 15) is 8.22 Å². The molecule has 0 fully saturated rings. The Morgan fingerprint density at radius 2 is 0.595 bits per heavy atom. The number of fused-ring (bicyclic) bond motifs is 24. The van der Waals surface area contributed by atoms with Crippen LogP contribution in [0.25, 0.3) is 11.1 Å². The zero-order valence-electron chi connectivity index (χ0n) is 57.3. The summed E-state index contributed by atoms with van der Waals surface area (Å²) in [6, 6.07) is 82.4. The van der Waals surface area contributed by atoms with Gasteiger partial charge in [-0.15, -0.1) is 0 Å². The van der Waals surface area contributed by atoms with Crippen molar-refractivity contribution in [1.29, 1.82) is 0 Å². The topological polar surface area (TPSA) is 32.4 Å². The van der Waals surface area contributed by atoms with Gasteiger partial charge >= 0.3 is 527 Å². The molecule has 0 unspecified atom stereocenters. The van der Waals surface area contributed by atoms with Gasteiger partial charge in [0.1, 0.15) is 0 Å². The molecule has 10 aromatic rings. The monoisotopic (exact) mass is 1460 g/mol. The van der Waals surface area contributed by atoms with Crippen LogP contribution in [-0.4, -0.2) is 44.5 Å². The number of rotatable bonds is 3. The van der Waals surface area contributed by atoms with Gasteiger partial charge in [0.2, 0.25) is 0 Å². The van der Waals surface area contributed by atoms with E-state index in [0.29, 0.717) is 119 Å². The molecular formula is C72H56N10Pt2-4. The average molecular weight is 1460 g/mol. The Hall–Kier alpha value is -8.94. The minimum absolute atomic E-state index is 0.401. The van der Waals surface area contributed by atoms with Gasteiger partial charge < -0.3 is 0 Å². The molecule has 10 nitrogen and oxygen atoms in total. The quantitative estimate of drug-likeness (QED) is 0.160. The summed E-state index contributed by atoms with van der Waals surface area (Å²) in [6.45, 7) is -4.41. The first-order valence-electron chi connectivity index (χ1n) is 33.2. The van der Waals surface area contributed by atoms with E-state index in [1.54, 1.807) is 24.3 Å². The standard InChI is InChI=1S/C72H56N10.2Pt/c1-72(2,3)53-41-61(80-50-76(7)67-30-14-18-34-71(67)80)46-63(42-53)82(59-26-20-24-57(44-59)78-48-74(5)65-28-12-16-32-69(65)78)55-37-35-54(36-38-55)81(58-25-19-23-56(43-58)77-47-73(4)64-27-11-15-31-68(64)77)62-40-52(51-21-9-8-10-22-51)39-60(45-62)79-49-75(6)66-29-13-17-33-70(66)79;;/h8-42H,1-7H3;;/q-4;;/i4D3,5D3,6D3,7D3;;. The molecule has 0 aliphatic carbocycles. The van der Waals surface area contributed by atoms with Gasteiger partial charge in [0, 0.05) is 0 Å². The molecule has 0 N–H and O–H groups in total. The van der Waals surface area contributed by atoms with Gasteiger partial charge in [-0.3, -0.25) is 0 Å². The number of para-hydroxylation sites is 8. The summed E-state index contributed by atoms with van der Waals surface area (Å²) in [7, 11) is 0. The van der Waals surface area contributed by atoms with Gasteiger partial charge in [-0.05, 0) is 0 Å². The minimum atomic E-state index is -2.71. The van der Waals surface area contributed by atoms with Crippen LogP contribution >= 0.6 is 0 Å². The van der Waals surface area contributed by atoms with E-state index in [1.165, 1.54) is 19.6 Å². The number of benzene rings is 10. The molecule has 0 radical (unpaired) electrons. The number of nitrogens with zero attached hydrogens (tertiary/aromatic N) is 10. The summed E-state index contributed by atoms with van der Waals surface area (Å²) in [4.78, 5) is 17.4. The third-order valence-electron chi connectivity index (χ3n) is 15.6. The van der Waals surface area contributed by atoms with Gasteiger partial charge in [-0.2, -0.15) is 0 Å². The van der Waals surface area contributed by atoms with Gasteiger partial charge in [-0.25, -0.2) is 0 Å². The Labute approximate surface area is 524 Å². The number of hydrogen-bond donors (Lipinski definition) is 0. The molecule has 6 aliphatic rings. The molecule has 0 saturated heterocycles. The first kappa shape index (κ1) is 39.5. The second-order valence-corrected chi connectivity index (χ2v) is 26.9. The van der Waals surface area contributed by atoms with Crippen LogP contribution in [0.3, 0.4) is 0 Å². The molecule has 0 amide bonds. The van der Waals surface area contributed by atoms with Crippen molar-refractivity contribution in [3.05, 3.63) is 242 Å². The van der Waals surface area contributed by atoms with Crippen LogP contribution in [0.4, 0.5) is 102 Å². The fourth-order valence-corrected chi connectivity index (χ4v) is 17.8. The average Bonchev–Trinajstić information content (AvgIpc) is 1.54. The van der Waals surface area contributed by atoms with Crippen molar-refractivity contribution in [3.8, 4) is 11.1 Å². The van der Waals surface area contributed by atoms with E-state index in [1.807, 2.05) is 189 Å². The molecule has 16 rings (SSSR count). The summed E-state index contributed by atoms with van der Waals surface area (Å²) in [6.07, 6.45) is 0. The van der Waals surface area contributed by atoms with E-state index < -0.39 is 68.6 Å². The van der Waals surface area contributed by atoms with E-state index in [-0.39, 0.29) is 0 Å². The molecular weight excluding hydrogens is 1400 g/mol. The molecule has 10 aromatic carbocycles. The van der Waals surface area contributed by atoms with E-state index in [0.717, 1.165) is 16.7 Å². The summed E-state index contributed by atoms with van der Waals surface area (Å²) in [5.41, 5.74) is 12.2. The molecule has 418 valence electrons. The van der Waals surface area contributed by atoms with Gasteiger partial charge in [0.15, 0.2) is 0 Å². The summed E-state index contributed by atoms with van der Waals surface area (Å²) in [5.74, 6) is 0. The van der Waals surface area contributed by atoms with Crippen molar-refractivity contribution in [3.63, 3.8) is 0 Å². The van der Waals surface area contributed by atoms with Crippen molar-refractivity contribution in [2.75, 3.05) is 76.9 Å². The van der Waals surface area contributed by atoms with Gasteiger partial charge in [-0.1, -0.05) is 0 Å². The SMILES string of the molecule is [2H]C([2H])([2H])N1[C]2=[Pt]=[C]3N(c4[c-]c(cc(-c5ccccc5)c4)N(c4ccc(N5c6[c-]c(ccc6)N6[C](=[Pt]=[C]7N(c8[c-]c5cc(C(C)(C)C)c8)c5ccccc5N7C([2H])([2H])[2H])N(C([2H])([2H])[2H])c5ccccc56)cc4)c4[c-]c(ccc4)N2c2ccccc21)c1ccccc1N3C([2H])([2H])[2H]. The van der Waals surface area contributed by atoms with E-state index in [2.05, 4.69) is 73.0 Å². The predicted octanol–water partition coefficient (Wildman–Crippen LogP) is 15.7. The van der Waals surface area contributed by atoms with Gasteiger partial charge in [0.05, 0.1) is 0 Å². The van der Waals surface area contributed by atoms with E-state index in [4.69, 9.17) is 8.22 Å². The summed E-state index contributed by atoms with van der Waals surface area (Å²) >= 11 is -3.50. The molecule has 0 spiro atoms. The van der Waals surface area contributed by atoms with Crippen LogP contribution in [0.1, 0.15) is 42.8 Å². The Morgan fingerprint density at radius 3 is 0.964 bits per heavy atom.